The zero-order chi connectivity index (χ0) is 17.6. The van der Waals surface area contributed by atoms with E-state index in [0.717, 1.165) is 9.13 Å². The van der Waals surface area contributed by atoms with E-state index in [0.29, 0.717) is 6.29 Å². The highest BCUT2D eigenvalue weighted by molar-refractivity contribution is 5.73. The van der Waals surface area contributed by atoms with E-state index < -0.39 is 48.9 Å². The van der Waals surface area contributed by atoms with E-state index in [4.69, 9.17) is 15.6 Å². The first-order valence-corrected chi connectivity index (χ1v) is 6.97. The van der Waals surface area contributed by atoms with Gasteiger partial charge in [0.1, 0.15) is 24.6 Å². The topological polar surface area (TPSA) is 186 Å². The van der Waals surface area contributed by atoms with Crippen LogP contribution in [0.25, 0.3) is 11.2 Å². The Bertz CT molecular complexity index is 900. The lowest BCUT2D eigenvalue weighted by atomic mass is 10.1. The average Bonchev–Trinajstić information content (AvgIpc) is 2.96. The zero-order valence-electron chi connectivity index (χ0n) is 12.2. The number of nitrogens with two attached hydrogens (primary N) is 1. The highest BCUT2D eigenvalue weighted by atomic mass is 16.6. The molecule has 130 valence electrons. The molecule has 12 heteroatoms. The van der Waals surface area contributed by atoms with Crippen LogP contribution in [0.1, 0.15) is 6.23 Å². The van der Waals surface area contributed by atoms with Gasteiger partial charge in [-0.15, -0.1) is 0 Å². The number of nitrogens with one attached hydrogen (secondary N) is 1. The Morgan fingerprint density at radius 2 is 2.04 bits per heavy atom. The van der Waals surface area contributed by atoms with Crippen LogP contribution >= 0.6 is 0 Å². The summed E-state index contributed by atoms with van der Waals surface area (Å²) in [6.45, 7) is -1.02. The highest BCUT2D eigenvalue weighted by Gasteiger charge is 2.45. The third kappa shape index (κ3) is 2.24. The summed E-state index contributed by atoms with van der Waals surface area (Å²) >= 11 is 0. The Labute approximate surface area is 132 Å². The fraction of sp³-hybridized carbons (Fsp3) is 0.500. The molecule has 3 heterocycles. The number of aldehydes is 1. The predicted octanol–water partition coefficient (Wildman–Crippen LogP) is -3.72. The maximum Gasteiger partial charge on any atom is 0.333 e. The number of aliphatic hydroxyl groups is 3. The van der Waals surface area contributed by atoms with Crippen molar-refractivity contribution in [2.75, 3.05) is 12.3 Å². The largest absolute Gasteiger partial charge is 0.394 e. The number of carbonyl (C=O) groups is 1. The van der Waals surface area contributed by atoms with Crippen LogP contribution in [0.5, 0.6) is 0 Å². The van der Waals surface area contributed by atoms with Gasteiger partial charge in [-0.3, -0.25) is 14.3 Å². The second-order valence-corrected chi connectivity index (χ2v) is 5.28. The second-order valence-electron chi connectivity index (χ2n) is 5.28. The number of aliphatic hydroxyl groups excluding tert-OH is 3. The summed E-state index contributed by atoms with van der Waals surface area (Å²) in [6.07, 6.45) is -5.12. The summed E-state index contributed by atoms with van der Waals surface area (Å²) in [4.78, 5) is 41.6. The number of carbonyl (C=O) groups excluding carboxylic acids is 1. The molecule has 1 saturated heterocycles. The first-order valence-electron chi connectivity index (χ1n) is 6.97. The van der Waals surface area contributed by atoms with Gasteiger partial charge >= 0.3 is 5.69 Å². The first-order chi connectivity index (χ1) is 11.4. The molecule has 0 aliphatic carbocycles. The predicted molar refractivity (Wildman–Crippen MR) is 78.1 cm³/mol. The molecule has 0 bridgehead atoms. The van der Waals surface area contributed by atoms with Crippen LogP contribution in [0, 0.1) is 0 Å². The molecule has 2 aromatic heterocycles. The lowest BCUT2D eigenvalue weighted by Crippen LogP contribution is -2.36. The number of hydrogen-bond acceptors (Lipinski definition) is 9. The SMILES string of the molecule is Nc1nc2c(c(=O)[nH]1)n(CC=O)c(=O)n2C1OC(CO)C(O)C1O. The van der Waals surface area contributed by atoms with Crippen LogP contribution in [0.4, 0.5) is 5.95 Å². The van der Waals surface area contributed by atoms with Gasteiger partial charge in [0.2, 0.25) is 5.95 Å². The van der Waals surface area contributed by atoms with Gasteiger partial charge in [-0.2, -0.15) is 4.98 Å². The van der Waals surface area contributed by atoms with Crippen molar-refractivity contribution in [2.45, 2.75) is 31.1 Å². The highest BCUT2D eigenvalue weighted by Crippen LogP contribution is 2.30. The summed E-state index contributed by atoms with van der Waals surface area (Å²) in [5, 5.41) is 29.1. The van der Waals surface area contributed by atoms with Crippen molar-refractivity contribution < 1.29 is 24.9 Å². The van der Waals surface area contributed by atoms with Gasteiger partial charge in [-0.1, -0.05) is 0 Å². The van der Waals surface area contributed by atoms with Crippen LogP contribution < -0.4 is 17.0 Å². The molecule has 12 nitrogen and oxygen atoms in total. The third-order valence-electron chi connectivity index (χ3n) is 3.86. The molecule has 1 aliphatic heterocycles. The number of aromatic nitrogens is 4. The van der Waals surface area contributed by atoms with Crippen LogP contribution in [-0.2, 0) is 16.1 Å². The van der Waals surface area contributed by atoms with Crippen molar-refractivity contribution >= 4 is 23.4 Å². The maximum absolute atomic E-state index is 12.6. The van der Waals surface area contributed by atoms with Crippen LogP contribution in [-0.4, -0.2) is 65.6 Å². The number of hydrogen-bond donors (Lipinski definition) is 5. The number of nitrogen functional groups attached to an aromatic ring is 1. The molecule has 1 fully saturated rings. The monoisotopic (exact) mass is 341 g/mol. The summed E-state index contributed by atoms with van der Waals surface area (Å²) in [7, 11) is 0. The molecule has 0 radical (unpaired) electrons. The van der Waals surface area contributed by atoms with Crippen molar-refractivity contribution in [1.82, 2.24) is 19.1 Å². The van der Waals surface area contributed by atoms with Crippen molar-refractivity contribution in [3.63, 3.8) is 0 Å². The molecular weight excluding hydrogens is 326 g/mol. The van der Waals surface area contributed by atoms with E-state index in [1.807, 2.05) is 0 Å². The van der Waals surface area contributed by atoms with E-state index in [9.17, 15) is 24.6 Å². The van der Waals surface area contributed by atoms with E-state index in [1.54, 1.807) is 0 Å². The lowest BCUT2D eigenvalue weighted by molar-refractivity contribution is -0.108. The number of fused-ring (bicyclic) bond motifs is 1. The minimum atomic E-state index is -1.56. The fourth-order valence-electron chi connectivity index (χ4n) is 2.77. The molecule has 0 saturated carbocycles. The molecule has 0 amide bonds. The summed E-state index contributed by atoms with van der Waals surface area (Å²) in [5.41, 5.74) is 3.45. The van der Waals surface area contributed by atoms with Crippen LogP contribution in [0.15, 0.2) is 9.59 Å². The Balaban J connectivity index is 2.29. The van der Waals surface area contributed by atoms with Crippen molar-refractivity contribution in [1.29, 1.82) is 0 Å². The molecule has 24 heavy (non-hydrogen) atoms. The molecule has 4 atom stereocenters. The molecule has 6 N–H and O–H groups in total. The molecule has 0 spiro atoms. The second kappa shape index (κ2) is 5.83. The number of nitrogens with zero attached hydrogens (tertiary/aromatic N) is 3. The lowest BCUT2D eigenvalue weighted by Gasteiger charge is -2.15. The molecular formula is C12H15N5O7. The molecule has 1 aliphatic rings. The van der Waals surface area contributed by atoms with Gasteiger partial charge in [-0.05, 0) is 0 Å². The molecule has 2 aromatic rings. The van der Waals surface area contributed by atoms with Crippen LogP contribution in [0.3, 0.4) is 0 Å². The number of rotatable bonds is 4. The molecule has 0 aromatic carbocycles. The number of H-pyrrole nitrogens is 1. The van der Waals surface area contributed by atoms with Gasteiger partial charge in [0.25, 0.3) is 5.56 Å². The standard InChI is InChI=1S/C12H15N5O7/c13-11-14-8-5(9(22)15-11)16(1-2-18)12(23)17(8)10-7(21)6(20)4(3-19)24-10/h2,4,6-7,10,19-21H,1,3H2,(H3,13,14,15,22). The number of ether oxygens (including phenoxy) is 1. The van der Waals surface area contributed by atoms with Crippen molar-refractivity contribution in [3.05, 3.63) is 20.8 Å². The summed E-state index contributed by atoms with van der Waals surface area (Å²) in [6, 6.07) is 0. The van der Waals surface area contributed by atoms with E-state index in [2.05, 4.69) is 9.97 Å². The van der Waals surface area contributed by atoms with E-state index in [-0.39, 0.29) is 17.1 Å². The Kier molecular flexibility index (Phi) is 3.96. The van der Waals surface area contributed by atoms with Gasteiger partial charge in [-0.25, -0.2) is 9.36 Å². The minimum absolute atomic E-state index is 0.210. The molecule has 3 rings (SSSR count). The van der Waals surface area contributed by atoms with Gasteiger partial charge < -0.3 is 30.6 Å². The number of imidazole rings is 1. The van der Waals surface area contributed by atoms with Gasteiger partial charge in [0.05, 0.1) is 13.2 Å². The summed E-state index contributed by atoms with van der Waals surface area (Å²) < 4.78 is 6.98. The Morgan fingerprint density at radius 1 is 1.33 bits per heavy atom. The third-order valence-corrected chi connectivity index (χ3v) is 3.86. The van der Waals surface area contributed by atoms with Gasteiger partial charge in [0, 0.05) is 0 Å². The van der Waals surface area contributed by atoms with Crippen LogP contribution in [0.2, 0.25) is 0 Å². The average molecular weight is 341 g/mol. The zero-order valence-corrected chi connectivity index (χ0v) is 12.2. The molecule has 4 unspecified atom stereocenters. The Morgan fingerprint density at radius 3 is 2.62 bits per heavy atom. The first kappa shape index (κ1) is 16.3. The van der Waals surface area contributed by atoms with Gasteiger partial charge in [0.15, 0.2) is 17.4 Å². The van der Waals surface area contributed by atoms with E-state index in [1.165, 1.54) is 0 Å². The van der Waals surface area contributed by atoms with E-state index >= 15 is 0 Å². The van der Waals surface area contributed by atoms with Crippen molar-refractivity contribution in [2.24, 2.45) is 0 Å². The quantitative estimate of drug-likeness (QED) is 0.349. The minimum Gasteiger partial charge on any atom is -0.394 e. The fourth-order valence-corrected chi connectivity index (χ4v) is 2.77. The smallest absolute Gasteiger partial charge is 0.333 e. The number of aromatic amines is 1. The van der Waals surface area contributed by atoms with Crippen molar-refractivity contribution in [3.8, 4) is 0 Å². The Hall–Kier alpha value is -2.54. The maximum atomic E-state index is 12.6. The normalized spacial score (nSPS) is 27.0. The summed E-state index contributed by atoms with van der Waals surface area (Å²) in [5.74, 6) is -0.281. The number of anilines is 1.